The number of aryl methyl sites for hydroxylation is 2. The molecule has 5 heteroatoms. The normalized spacial score (nSPS) is 16.2. The first kappa shape index (κ1) is 19.2. The summed E-state index contributed by atoms with van der Waals surface area (Å²) in [7, 11) is 1.63. The number of hydrogen-bond donors (Lipinski definition) is 0. The maximum Gasteiger partial charge on any atom is 0.267 e. The van der Waals surface area contributed by atoms with Gasteiger partial charge in [-0.15, -0.1) is 11.3 Å². The fraction of sp³-hybridized carbons (Fsp3) is 0.478. The minimum Gasteiger partial charge on any atom is -0.495 e. The lowest BCUT2D eigenvalue weighted by atomic mass is 9.99. The summed E-state index contributed by atoms with van der Waals surface area (Å²) >= 11 is 1.72. The van der Waals surface area contributed by atoms with Crippen LogP contribution in [0.15, 0.2) is 35.4 Å². The third-order valence-corrected chi connectivity index (χ3v) is 6.92. The molecule has 0 amide bonds. The smallest absolute Gasteiger partial charge is 0.267 e. The Morgan fingerprint density at radius 3 is 2.39 bits per heavy atom. The SMILES string of the molecule is COc1ccccc1-n1cnc2sc3c(c2c1=O)CCCCCCCCCC3. The van der Waals surface area contributed by atoms with Gasteiger partial charge in [-0.3, -0.25) is 9.36 Å². The van der Waals surface area contributed by atoms with Crippen molar-refractivity contribution in [3.05, 3.63) is 51.4 Å². The lowest BCUT2D eigenvalue weighted by Gasteiger charge is -2.11. The molecular weight excluding hydrogens is 368 g/mol. The monoisotopic (exact) mass is 396 g/mol. The molecule has 0 fully saturated rings. The van der Waals surface area contributed by atoms with Gasteiger partial charge in [0.1, 0.15) is 16.9 Å². The maximum absolute atomic E-state index is 13.5. The Kier molecular flexibility index (Phi) is 6.10. The van der Waals surface area contributed by atoms with Crippen LogP contribution in [0.4, 0.5) is 0 Å². The molecule has 4 nitrogen and oxygen atoms in total. The Morgan fingerprint density at radius 1 is 0.964 bits per heavy atom. The molecule has 1 aliphatic rings. The lowest BCUT2D eigenvalue weighted by Crippen LogP contribution is -2.19. The van der Waals surface area contributed by atoms with Gasteiger partial charge in [-0.05, 0) is 43.4 Å². The van der Waals surface area contributed by atoms with E-state index in [9.17, 15) is 4.79 Å². The molecular formula is C23H28N2O2S. The van der Waals surface area contributed by atoms with Gasteiger partial charge < -0.3 is 4.74 Å². The largest absolute Gasteiger partial charge is 0.495 e. The van der Waals surface area contributed by atoms with Gasteiger partial charge >= 0.3 is 0 Å². The minimum absolute atomic E-state index is 0.0269. The van der Waals surface area contributed by atoms with Crippen LogP contribution in [0.1, 0.15) is 61.8 Å². The molecule has 28 heavy (non-hydrogen) atoms. The van der Waals surface area contributed by atoms with Crippen molar-refractivity contribution in [2.45, 2.75) is 64.2 Å². The summed E-state index contributed by atoms with van der Waals surface area (Å²) in [6, 6.07) is 7.63. The van der Waals surface area contributed by atoms with Crippen molar-refractivity contribution >= 4 is 21.6 Å². The highest BCUT2D eigenvalue weighted by Gasteiger charge is 2.19. The molecule has 0 radical (unpaired) electrons. The molecule has 2 heterocycles. The van der Waals surface area contributed by atoms with Crippen LogP contribution in [0, 0.1) is 0 Å². The quantitative estimate of drug-likeness (QED) is 0.560. The van der Waals surface area contributed by atoms with Gasteiger partial charge in [0.2, 0.25) is 0 Å². The zero-order chi connectivity index (χ0) is 19.3. The number of ether oxygens (including phenoxy) is 1. The Bertz CT molecular complexity index is 1010. The van der Waals surface area contributed by atoms with Crippen molar-refractivity contribution in [1.82, 2.24) is 9.55 Å². The van der Waals surface area contributed by atoms with E-state index in [0.29, 0.717) is 5.75 Å². The van der Waals surface area contributed by atoms with Gasteiger partial charge in [0, 0.05) is 4.88 Å². The number of fused-ring (bicyclic) bond motifs is 3. The van der Waals surface area contributed by atoms with Gasteiger partial charge in [0.05, 0.1) is 18.2 Å². The maximum atomic E-state index is 13.5. The van der Waals surface area contributed by atoms with E-state index in [1.54, 1.807) is 29.3 Å². The highest BCUT2D eigenvalue weighted by atomic mass is 32.1. The topological polar surface area (TPSA) is 44.1 Å². The average Bonchev–Trinajstić information content (AvgIpc) is 3.06. The Labute approximate surface area is 170 Å². The van der Waals surface area contributed by atoms with Crippen LogP contribution in [-0.4, -0.2) is 16.7 Å². The van der Waals surface area contributed by atoms with Crippen LogP contribution in [0.3, 0.4) is 0 Å². The summed E-state index contributed by atoms with van der Waals surface area (Å²) in [6.07, 6.45) is 14.0. The number of para-hydroxylation sites is 2. The average molecular weight is 397 g/mol. The summed E-state index contributed by atoms with van der Waals surface area (Å²) in [6.45, 7) is 0. The third-order valence-electron chi connectivity index (χ3n) is 5.72. The zero-order valence-corrected chi connectivity index (χ0v) is 17.4. The molecule has 2 aromatic heterocycles. The fourth-order valence-electron chi connectivity index (χ4n) is 4.21. The van der Waals surface area contributed by atoms with Gasteiger partial charge in [-0.25, -0.2) is 4.98 Å². The van der Waals surface area contributed by atoms with E-state index in [-0.39, 0.29) is 5.56 Å². The molecule has 0 unspecified atom stereocenters. The van der Waals surface area contributed by atoms with Crippen LogP contribution in [0.25, 0.3) is 15.9 Å². The van der Waals surface area contributed by atoms with E-state index in [0.717, 1.165) is 35.2 Å². The standard InChI is InChI=1S/C23H28N2O2S/c1-27-19-14-11-10-13-18(19)25-16-24-22-21(23(25)26)17-12-8-6-4-2-3-5-7-9-15-20(17)28-22/h10-11,13-14,16H,2-9,12,15H2,1H3. The summed E-state index contributed by atoms with van der Waals surface area (Å²) in [5.41, 5.74) is 2.03. The number of methoxy groups -OCH3 is 1. The molecule has 0 aliphatic heterocycles. The molecule has 0 bridgehead atoms. The summed E-state index contributed by atoms with van der Waals surface area (Å²) in [5, 5.41) is 0.825. The number of benzene rings is 1. The molecule has 1 aromatic carbocycles. The molecule has 4 rings (SSSR count). The van der Waals surface area contributed by atoms with Crippen molar-refractivity contribution in [3.8, 4) is 11.4 Å². The zero-order valence-electron chi connectivity index (χ0n) is 16.6. The minimum atomic E-state index is 0.0269. The number of rotatable bonds is 2. The molecule has 148 valence electrons. The summed E-state index contributed by atoms with van der Waals surface area (Å²) in [4.78, 5) is 20.4. The second kappa shape index (κ2) is 8.91. The first-order chi connectivity index (χ1) is 13.8. The first-order valence-electron chi connectivity index (χ1n) is 10.4. The van der Waals surface area contributed by atoms with Crippen LogP contribution in [0.2, 0.25) is 0 Å². The summed E-state index contributed by atoms with van der Waals surface area (Å²) in [5.74, 6) is 0.685. The van der Waals surface area contributed by atoms with Crippen molar-refractivity contribution in [2.75, 3.05) is 7.11 Å². The van der Waals surface area contributed by atoms with Crippen LogP contribution in [0.5, 0.6) is 5.75 Å². The predicted octanol–water partition coefficient (Wildman–Crippen LogP) is 5.68. The Morgan fingerprint density at radius 2 is 1.64 bits per heavy atom. The second-order valence-electron chi connectivity index (χ2n) is 7.60. The van der Waals surface area contributed by atoms with Crippen molar-refractivity contribution in [3.63, 3.8) is 0 Å². The third kappa shape index (κ3) is 3.86. The van der Waals surface area contributed by atoms with E-state index in [1.165, 1.54) is 55.4 Å². The lowest BCUT2D eigenvalue weighted by molar-refractivity contribution is 0.412. The van der Waals surface area contributed by atoms with E-state index in [1.807, 2.05) is 24.3 Å². The predicted molar refractivity (Wildman–Crippen MR) is 116 cm³/mol. The Hall–Kier alpha value is -2.14. The fourth-order valence-corrected chi connectivity index (χ4v) is 5.43. The van der Waals surface area contributed by atoms with E-state index < -0.39 is 0 Å². The number of hydrogen-bond acceptors (Lipinski definition) is 4. The van der Waals surface area contributed by atoms with Gasteiger partial charge in [-0.1, -0.05) is 50.7 Å². The highest BCUT2D eigenvalue weighted by Crippen LogP contribution is 2.32. The van der Waals surface area contributed by atoms with Gasteiger partial charge in [0.15, 0.2) is 0 Å². The molecule has 0 saturated heterocycles. The van der Waals surface area contributed by atoms with Gasteiger partial charge in [-0.2, -0.15) is 0 Å². The van der Waals surface area contributed by atoms with Crippen LogP contribution < -0.4 is 10.3 Å². The molecule has 0 saturated carbocycles. The first-order valence-corrected chi connectivity index (χ1v) is 11.3. The molecule has 1 aliphatic carbocycles. The highest BCUT2D eigenvalue weighted by molar-refractivity contribution is 7.18. The number of aromatic nitrogens is 2. The van der Waals surface area contributed by atoms with Crippen molar-refractivity contribution in [1.29, 1.82) is 0 Å². The summed E-state index contributed by atoms with van der Waals surface area (Å²) < 4.78 is 7.11. The van der Waals surface area contributed by atoms with Gasteiger partial charge in [0.25, 0.3) is 5.56 Å². The van der Waals surface area contributed by atoms with E-state index >= 15 is 0 Å². The van der Waals surface area contributed by atoms with Crippen molar-refractivity contribution < 1.29 is 4.74 Å². The number of thiophene rings is 1. The van der Waals surface area contributed by atoms with Crippen molar-refractivity contribution in [2.24, 2.45) is 0 Å². The second-order valence-corrected chi connectivity index (χ2v) is 8.69. The molecule has 0 N–H and O–H groups in total. The van der Waals surface area contributed by atoms with Crippen LogP contribution in [-0.2, 0) is 12.8 Å². The van der Waals surface area contributed by atoms with E-state index in [4.69, 9.17) is 4.74 Å². The molecule has 3 aromatic rings. The van der Waals surface area contributed by atoms with E-state index in [2.05, 4.69) is 4.98 Å². The number of nitrogens with zero attached hydrogens (tertiary/aromatic N) is 2. The molecule has 0 atom stereocenters. The Balaban J connectivity index is 1.81. The molecule has 0 spiro atoms. The van der Waals surface area contributed by atoms with Crippen LogP contribution >= 0.6 is 11.3 Å².